The molecule has 0 radical (unpaired) electrons. The molecule has 0 amide bonds. The number of anilines is 1. The third-order valence-corrected chi connectivity index (χ3v) is 4.69. The standard InChI is InChI=1S/C9H14N2O2S.C6H6FNO2S/c1-7(2)11-8-5-3-4-6-9(8)14(10,12)13;7-5-3-1-2-4-6(5)11(8,9)10/h3-7,11H,1-2H3,(H2,10,12,13);1-4H,(H2,8,9,10). The molecular formula is C15H20FN3O4S2. The van der Waals surface area contributed by atoms with Crippen LogP contribution in [0.15, 0.2) is 58.3 Å². The number of hydrogen-bond acceptors (Lipinski definition) is 5. The number of sulfonamides is 2. The van der Waals surface area contributed by atoms with Gasteiger partial charge in [0.2, 0.25) is 20.0 Å². The van der Waals surface area contributed by atoms with E-state index in [2.05, 4.69) is 10.5 Å². The van der Waals surface area contributed by atoms with Crippen molar-refractivity contribution < 1.29 is 21.2 Å². The summed E-state index contributed by atoms with van der Waals surface area (Å²) in [5, 5.41) is 12.8. The minimum atomic E-state index is -3.91. The molecule has 2 rings (SSSR count). The maximum absolute atomic E-state index is 12.6. The second-order valence-corrected chi connectivity index (χ2v) is 8.38. The summed E-state index contributed by atoms with van der Waals surface area (Å²) in [7, 11) is -7.55. The number of hydrogen-bond donors (Lipinski definition) is 3. The first-order chi connectivity index (χ1) is 11.4. The van der Waals surface area contributed by atoms with Crippen molar-refractivity contribution in [2.75, 3.05) is 5.32 Å². The van der Waals surface area contributed by atoms with E-state index in [1.54, 1.807) is 18.2 Å². The van der Waals surface area contributed by atoms with Gasteiger partial charge in [-0.1, -0.05) is 24.3 Å². The molecule has 0 aliphatic rings. The lowest BCUT2D eigenvalue weighted by Crippen LogP contribution is -2.17. The summed E-state index contributed by atoms with van der Waals surface area (Å²) in [5.74, 6) is -0.824. The molecule has 0 unspecified atom stereocenters. The second kappa shape index (κ2) is 8.39. The quantitative estimate of drug-likeness (QED) is 0.731. The Hall–Kier alpha value is -2.01. The van der Waals surface area contributed by atoms with Crippen molar-refractivity contribution in [3.63, 3.8) is 0 Å². The maximum atomic E-state index is 12.6. The SMILES string of the molecule is CC(C)Nc1ccccc1S(N)(=O)=O.NS(=O)(=O)c1ccccc1F. The molecule has 0 spiro atoms. The Bertz CT molecular complexity index is 929. The van der Waals surface area contributed by atoms with E-state index in [0.29, 0.717) is 5.69 Å². The van der Waals surface area contributed by atoms with Crippen LogP contribution in [0.4, 0.5) is 10.1 Å². The summed E-state index contributed by atoms with van der Waals surface area (Å²) in [6, 6.07) is 11.7. The number of nitrogens with two attached hydrogens (primary N) is 2. The van der Waals surface area contributed by atoms with Crippen LogP contribution in [0.2, 0.25) is 0 Å². The first-order valence-electron chi connectivity index (χ1n) is 7.08. The van der Waals surface area contributed by atoms with Crippen molar-refractivity contribution in [2.24, 2.45) is 10.3 Å². The molecule has 7 nitrogen and oxygen atoms in total. The third-order valence-electron chi connectivity index (χ3n) is 2.78. The molecule has 5 N–H and O–H groups in total. The Morgan fingerprint density at radius 3 is 1.68 bits per heavy atom. The van der Waals surface area contributed by atoms with E-state index >= 15 is 0 Å². The Labute approximate surface area is 147 Å². The fourth-order valence-corrected chi connectivity index (χ4v) is 3.13. The predicted octanol–water partition coefficient (Wildman–Crippen LogP) is 1.63. The number of para-hydroxylation sites is 1. The molecule has 10 heteroatoms. The van der Waals surface area contributed by atoms with E-state index in [4.69, 9.17) is 5.14 Å². The van der Waals surface area contributed by atoms with Crippen molar-refractivity contribution >= 4 is 25.7 Å². The Morgan fingerprint density at radius 1 is 0.840 bits per heavy atom. The number of primary sulfonamides is 2. The lowest BCUT2D eigenvalue weighted by atomic mass is 10.3. The molecule has 0 atom stereocenters. The molecule has 138 valence electrons. The van der Waals surface area contributed by atoms with E-state index in [9.17, 15) is 21.2 Å². The van der Waals surface area contributed by atoms with E-state index in [0.717, 1.165) is 12.1 Å². The molecule has 0 fully saturated rings. The van der Waals surface area contributed by atoms with Crippen LogP contribution in [0.3, 0.4) is 0 Å². The Kier molecular flexibility index (Phi) is 7.06. The van der Waals surface area contributed by atoms with Gasteiger partial charge < -0.3 is 5.32 Å². The molecule has 0 bridgehead atoms. The zero-order chi connectivity index (χ0) is 19.3. The largest absolute Gasteiger partial charge is 0.382 e. The molecule has 0 heterocycles. The molecule has 0 saturated heterocycles. The normalized spacial score (nSPS) is 11.6. The van der Waals surface area contributed by atoms with Gasteiger partial charge in [0.25, 0.3) is 0 Å². The van der Waals surface area contributed by atoms with Gasteiger partial charge in [0.15, 0.2) is 0 Å². The first kappa shape index (κ1) is 21.0. The predicted molar refractivity (Wildman–Crippen MR) is 94.3 cm³/mol. The fraction of sp³-hybridized carbons (Fsp3) is 0.200. The molecule has 2 aromatic carbocycles. The average molecular weight is 389 g/mol. The molecular weight excluding hydrogens is 369 g/mol. The van der Waals surface area contributed by atoms with Gasteiger partial charge in [0.1, 0.15) is 15.6 Å². The monoisotopic (exact) mass is 389 g/mol. The minimum absolute atomic E-state index is 0.133. The topological polar surface area (TPSA) is 132 Å². The van der Waals surface area contributed by atoms with Crippen molar-refractivity contribution in [1.29, 1.82) is 0 Å². The number of halogens is 1. The number of nitrogens with one attached hydrogen (secondary N) is 1. The molecule has 25 heavy (non-hydrogen) atoms. The molecule has 0 aliphatic carbocycles. The highest BCUT2D eigenvalue weighted by atomic mass is 32.2. The van der Waals surface area contributed by atoms with E-state index < -0.39 is 30.8 Å². The molecule has 2 aromatic rings. The van der Waals surface area contributed by atoms with Gasteiger partial charge in [-0.15, -0.1) is 0 Å². The highest BCUT2D eigenvalue weighted by Gasteiger charge is 2.13. The first-order valence-corrected chi connectivity index (χ1v) is 10.2. The van der Waals surface area contributed by atoms with Crippen molar-refractivity contribution in [1.82, 2.24) is 0 Å². The van der Waals surface area contributed by atoms with Gasteiger partial charge in [0, 0.05) is 6.04 Å². The summed E-state index contributed by atoms with van der Waals surface area (Å²) in [6.45, 7) is 3.86. The average Bonchev–Trinajstić information content (AvgIpc) is 2.46. The smallest absolute Gasteiger partial charge is 0.240 e. The van der Waals surface area contributed by atoms with Crippen LogP contribution in [0.5, 0.6) is 0 Å². The van der Waals surface area contributed by atoms with Crippen LogP contribution in [0.25, 0.3) is 0 Å². The van der Waals surface area contributed by atoms with E-state index in [1.165, 1.54) is 18.2 Å². The van der Waals surface area contributed by atoms with Crippen LogP contribution < -0.4 is 15.6 Å². The van der Waals surface area contributed by atoms with Crippen LogP contribution in [0, 0.1) is 5.82 Å². The van der Waals surface area contributed by atoms with Gasteiger partial charge in [-0.2, -0.15) is 0 Å². The third kappa shape index (κ3) is 6.78. The van der Waals surface area contributed by atoms with Gasteiger partial charge in [-0.25, -0.2) is 31.5 Å². The van der Waals surface area contributed by atoms with Crippen LogP contribution in [-0.4, -0.2) is 22.9 Å². The maximum Gasteiger partial charge on any atom is 0.240 e. The van der Waals surface area contributed by atoms with Crippen molar-refractivity contribution in [3.8, 4) is 0 Å². The van der Waals surface area contributed by atoms with Crippen LogP contribution >= 0.6 is 0 Å². The van der Waals surface area contributed by atoms with Gasteiger partial charge >= 0.3 is 0 Å². The van der Waals surface area contributed by atoms with Gasteiger partial charge in [-0.05, 0) is 38.1 Å². The zero-order valence-electron chi connectivity index (χ0n) is 13.7. The summed E-state index contributed by atoms with van der Waals surface area (Å²) in [5.41, 5.74) is 0.546. The summed E-state index contributed by atoms with van der Waals surface area (Å²) >= 11 is 0. The van der Waals surface area contributed by atoms with Crippen molar-refractivity contribution in [3.05, 3.63) is 54.3 Å². The summed E-state index contributed by atoms with van der Waals surface area (Å²) < 4.78 is 56.2. The minimum Gasteiger partial charge on any atom is -0.382 e. The molecule has 0 saturated carbocycles. The zero-order valence-corrected chi connectivity index (χ0v) is 15.3. The van der Waals surface area contributed by atoms with Crippen molar-refractivity contribution in [2.45, 2.75) is 29.7 Å². The lowest BCUT2D eigenvalue weighted by molar-refractivity contribution is 0.568. The summed E-state index contributed by atoms with van der Waals surface area (Å²) in [6.07, 6.45) is 0. The number of benzene rings is 2. The highest BCUT2D eigenvalue weighted by molar-refractivity contribution is 7.89. The second-order valence-electron chi connectivity index (χ2n) is 5.32. The Morgan fingerprint density at radius 2 is 1.28 bits per heavy atom. The van der Waals surface area contributed by atoms with Crippen LogP contribution in [0.1, 0.15) is 13.8 Å². The van der Waals surface area contributed by atoms with Gasteiger partial charge in [0.05, 0.1) is 5.69 Å². The lowest BCUT2D eigenvalue weighted by Gasteiger charge is -2.12. The fourth-order valence-electron chi connectivity index (χ4n) is 1.82. The number of rotatable bonds is 4. The summed E-state index contributed by atoms with van der Waals surface area (Å²) in [4.78, 5) is -0.339. The Balaban J connectivity index is 0.000000257. The van der Waals surface area contributed by atoms with E-state index in [1.807, 2.05) is 13.8 Å². The molecule has 0 aliphatic heterocycles. The highest BCUT2D eigenvalue weighted by Crippen LogP contribution is 2.19. The van der Waals surface area contributed by atoms with E-state index in [-0.39, 0.29) is 10.9 Å². The van der Waals surface area contributed by atoms with Crippen LogP contribution in [-0.2, 0) is 20.0 Å². The van der Waals surface area contributed by atoms with Gasteiger partial charge in [-0.3, -0.25) is 0 Å². The molecule has 0 aromatic heterocycles.